The van der Waals surface area contributed by atoms with E-state index in [1.54, 1.807) is 12.1 Å². The first kappa shape index (κ1) is 16.2. The summed E-state index contributed by atoms with van der Waals surface area (Å²) in [6.45, 7) is 5.85. The number of benzene rings is 1. The zero-order chi connectivity index (χ0) is 16.2. The quantitative estimate of drug-likeness (QED) is 0.855. The number of nitrogens with zero attached hydrogens (tertiary/aromatic N) is 2. The highest BCUT2D eigenvalue weighted by molar-refractivity contribution is 7.92. The van der Waals surface area contributed by atoms with E-state index in [1.807, 2.05) is 32.9 Å². The van der Waals surface area contributed by atoms with Crippen LogP contribution in [0.4, 0.5) is 17.3 Å². The van der Waals surface area contributed by atoms with Crippen LogP contribution >= 0.6 is 0 Å². The predicted molar refractivity (Wildman–Crippen MR) is 88.9 cm³/mol. The van der Waals surface area contributed by atoms with Gasteiger partial charge in [0.1, 0.15) is 0 Å². The van der Waals surface area contributed by atoms with Crippen LogP contribution in [0.2, 0.25) is 0 Å². The Bertz CT molecular complexity index is 722. The fourth-order valence-electron chi connectivity index (χ4n) is 2.13. The molecule has 6 nitrogen and oxygen atoms in total. The third-order valence-electron chi connectivity index (χ3n) is 2.89. The molecular formula is C15H20N4O2S. The molecule has 0 aliphatic carbocycles. The number of nitrogens with one attached hydrogen (secondary N) is 2. The van der Waals surface area contributed by atoms with Crippen molar-refractivity contribution < 1.29 is 8.42 Å². The largest absolute Gasteiger partial charge is 0.339 e. The lowest BCUT2D eigenvalue weighted by Gasteiger charge is -2.09. The Balaban J connectivity index is 2.09. The van der Waals surface area contributed by atoms with Gasteiger partial charge in [-0.3, -0.25) is 4.72 Å². The summed E-state index contributed by atoms with van der Waals surface area (Å²) in [5, 5.41) is 11.0. The first-order valence-electron chi connectivity index (χ1n) is 7.07. The first-order valence-corrected chi connectivity index (χ1v) is 8.73. The minimum Gasteiger partial charge on any atom is -0.339 e. The van der Waals surface area contributed by atoms with Gasteiger partial charge in [-0.05, 0) is 55.7 Å². The lowest BCUT2D eigenvalue weighted by atomic mass is 10.1. The first-order chi connectivity index (χ1) is 10.4. The molecule has 1 aromatic carbocycles. The van der Waals surface area contributed by atoms with Gasteiger partial charge >= 0.3 is 0 Å². The Kier molecular flexibility index (Phi) is 4.97. The maximum Gasteiger partial charge on any atom is 0.233 e. The monoisotopic (exact) mass is 320 g/mol. The van der Waals surface area contributed by atoms with Crippen LogP contribution in [-0.2, 0) is 10.0 Å². The average Bonchev–Trinajstić information content (AvgIpc) is 2.39. The second-order valence-corrected chi connectivity index (χ2v) is 7.07. The number of anilines is 3. The Morgan fingerprint density at radius 3 is 2.14 bits per heavy atom. The molecule has 2 aromatic rings. The van der Waals surface area contributed by atoms with Crippen molar-refractivity contribution in [3.05, 3.63) is 41.5 Å². The highest BCUT2D eigenvalue weighted by atomic mass is 32.2. The van der Waals surface area contributed by atoms with Crippen molar-refractivity contribution >= 4 is 27.3 Å². The fraction of sp³-hybridized carbons (Fsp3) is 0.333. The molecule has 0 spiro atoms. The summed E-state index contributed by atoms with van der Waals surface area (Å²) in [6, 6.07) is 9.38. The molecule has 0 bridgehead atoms. The summed E-state index contributed by atoms with van der Waals surface area (Å²) < 4.78 is 25.7. The highest BCUT2D eigenvalue weighted by Gasteiger charge is 2.10. The Labute approximate surface area is 131 Å². The van der Waals surface area contributed by atoms with E-state index in [-0.39, 0.29) is 11.6 Å². The van der Waals surface area contributed by atoms with Crippen LogP contribution in [0.15, 0.2) is 30.3 Å². The van der Waals surface area contributed by atoms with Crippen LogP contribution in [0.5, 0.6) is 0 Å². The molecule has 118 valence electrons. The van der Waals surface area contributed by atoms with Gasteiger partial charge in [0, 0.05) is 5.69 Å². The van der Waals surface area contributed by atoms with E-state index in [2.05, 4.69) is 26.3 Å². The van der Waals surface area contributed by atoms with Crippen LogP contribution in [0.3, 0.4) is 0 Å². The number of hydrogen-bond acceptors (Lipinski definition) is 5. The predicted octanol–water partition coefficient (Wildman–Crippen LogP) is 2.99. The second kappa shape index (κ2) is 6.74. The van der Waals surface area contributed by atoms with E-state index in [9.17, 15) is 8.42 Å². The maximum atomic E-state index is 11.7. The highest BCUT2D eigenvalue weighted by Crippen LogP contribution is 2.18. The van der Waals surface area contributed by atoms with Crippen molar-refractivity contribution in [2.45, 2.75) is 27.2 Å². The fourth-order valence-corrected chi connectivity index (χ4v) is 3.19. The topological polar surface area (TPSA) is 84.0 Å². The average molecular weight is 320 g/mol. The van der Waals surface area contributed by atoms with E-state index >= 15 is 0 Å². The number of rotatable bonds is 6. The summed E-state index contributed by atoms with van der Waals surface area (Å²) in [5.74, 6) is 0.847. The third-order valence-corrected chi connectivity index (χ3v) is 4.36. The van der Waals surface area contributed by atoms with Crippen LogP contribution in [0.25, 0.3) is 0 Å². The maximum absolute atomic E-state index is 11.7. The van der Waals surface area contributed by atoms with Gasteiger partial charge in [-0.2, -0.15) is 0 Å². The van der Waals surface area contributed by atoms with Crippen molar-refractivity contribution in [1.29, 1.82) is 0 Å². The molecule has 0 aliphatic heterocycles. The van der Waals surface area contributed by atoms with Gasteiger partial charge in [0.2, 0.25) is 10.0 Å². The lowest BCUT2D eigenvalue weighted by Crippen LogP contribution is -2.17. The molecule has 1 aromatic heterocycles. The molecule has 2 rings (SSSR count). The van der Waals surface area contributed by atoms with Crippen molar-refractivity contribution in [2.75, 3.05) is 15.8 Å². The molecular weight excluding hydrogens is 300 g/mol. The van der Waals surface area contributed by atoms with Crippen LogP contribution in [0, 0.1) is 13.8 Å². The molecule has 22 heavy (non-hydrogen) atoms. The molecule has 0 amide bonds. The molecule has 7 heteroatoms. The molecule has 0 saturated heterocycles. The van der Waals surface area contributed by atoms with E-state index in [0.29, 0.717) is 12.2 Å². The van der Waals surface area contributed by atoms with Crippen molar-refractivity contribution in [3.8, 4) is 0 Å². The number of hydrogen-bond donors (Lipinski definition) is 2. The summed E-state index contributed by atoms with van der Waals surface area (Å²) in [7, 11) is -3.34. The molecule has 0 fully saturated rings. The summed E-state index contributed by atoms with van der Waals surface area (Å²) in [5.41, 5.74) is 3.23. The summed E-state index contributed by atoms with van der Waals surface area (Å²) in [4.78, 5) is 0. The Morgan fingerprint density at radius 2 is 1.59 bits per heavy atom. The zero-order valence-electron chi connectivity index (χ0n) is 12.9. The molecule has 2 N–H and O–H groups in total. The molecule has 0 aliphatic rings. The van der Waals surface area contributed by atoms with E-state index < -0.39 is 10.0 Å². The minimum absolute atomic E-state index is 0.0667. The Morgan fingerprint density at radius 1 is 1.00 bits per heavy atom. The number of aryl methyl sites for hydroxylation is 2. The minimum atomic E-state index is -3.34. The molecule has 1 heterocycles. The number of sulfonamides is 1. The van der Waals surface area contributed by atoms with Crippen LogP contribution < -0.4 is 10.0 Å². The second-order valence-electron chi connectivity index (χ2n) is 5.23. The van der Waals surface area contributed by atoms with Gasteiger partial charge in [-0.1, -0.05) is 13.0 Å². The van der Waals surface area contributed by atoms with E-state index in [4.69, 9.17) is 0 Å². The molecule has 0 atom stereocenters. The van der Waals surface area contributed by atoms with Crippen molar-refractivity contribution in [1.82, 2.24) is 10.2 Å². The van der Waals surface area contributed by atoms with Gasteiger partial charge in [-0.15, -0.1) is 10.2 Å². The van der Waals surface area contributed by atoms with Crippen molar-refractivity contribution in [3.63, 3.8) is 0 Å². The summed E-state index contributed by atoms with van der Waals surface area (Å²) in [6.07, 6.45) is 0.551. The SMILES string of the molecule is CCCS(=O)(=O)Nc1ccc(Nc2cc(C)cc(C)c2)nn1. The normalized spacial score (nSPS) is 11.2. The van der Waals surface area contributed by atoms with Crippen molar-refractivity contribution in [2.24, 2.45) is 0 Å². The molecule has 0 unspecified atom stereocenters. The van der Waals surface area contributed by atoms with Gasteiger partial charge in [0.05, 0.1) is 5.75 Å². The van der Waals surface area contributed by atoms with E-state index in [1.165, 1.54) is 0 Å². The summed E-state index contributed by atoms with van der Waals surface area (Å²) >= 11 is 0. The standard InChI is InChI=1S/C15H20N4O2S/c1-4-7-22(20,21)19-15-6-5-14(17-18-15)16-13-9-11(2)8-12(3)10-13/h5-6,8-10H,4,7H2,1-3H3,(H,16,17)(H,18,19). The van der Waals surface area contributed by atoms with Gasteiger partial charge in [-0.25, -0.2) is 8.42 Å². The van der Waals surface area contributed by atoms with Crippen LogP contribution in [-0.4, -0.2) is 24.4 Å². The Hall–Kier alpha value is -2.15. The van der Waals surface area contributed by atoms with Gasteiger partial charge in [0.25, 0.3) is 0 Å². The smallest absolute Gasteiger partial charge is 0.233 e. The lowest BCUT2D eigenvalue weighted by molar-refractivity contribution is 0.599. The van der Waals surface area contributed by atoms with Gasteiger partial charge in [0.15, 0.2) is 11.6 Å². The van der Waals surface area contributed by atoms with Gasteiger partial charge < -0.3 is 5.32 Å². The number of aromatic nitrogens is 2. The van der Waals surface area contributed by atoms with Crippen LogP contribution in [0.1, 0.15) is 24.5 Å². The third kappa shape index (κ3) is 4.70. The molecule has 0 radical (unpaired) electrons. The zero-order valence-corrected chi connectivity index (χ0v) is 13.7. The molecule has 0 saturated carbocycles. The van der Waals surface area contributed by atoms with E-state index in [0.717, 1.165) is 16.8 Å².